The number of benzene rings is 1. The lowest BCUT2D eigenvalue weighted by atomic mass is 9.94. The van der Waals surface area contributed by atoms with Gasteiger partial charge in [0, 0.05) is 6.54 Å². The van der Waals surface area contributed by atoms with Crippen molar-refractivity contribution in [1.82, 2.24) is 0 Å². The number of rotatable bonds is 2. The van der Waals surface area contributed by atoms with Crippen LogP contribution in [-0.2, 0) is 4.79 Å². The Labute approximate surface area is 118 Å². The Morgan fingerprint density at radius 1 is 1.45 bits per heavy atom. The summed E-state index contributed by atoms with van der Waals surface area (Å²) < 4.78 is 0. The molecule has 4 heteroatoms. The molecule has 3 atom stereocenters. The van der Waals surface area contributed by atoms with Gasteiger partial charge >= 0.3 is 5.97 Å². The van der Waals surface area contributed by atoms with E-state index in [9.17, 15) is 15.2 Å². The van der Waals surface area contributed by atoms with Crippen LogP contribution in [0.3, 0.4) is 0 Å². The Hall–Kier alpha value is -2.02. The molecule has 1 heterocycles. The van der Waals surface area contributed by atoms with Crippen molar-refractivity contribution in [2.45, 2.75) is 32.2 Å². The van der Waals surface area contributed by atoms with Gasteiger partial charge < -0.3 is 10.0 Å². The largest absolute Gasteiger partial charge is 0.480 e. The second kappa shape index (κ2) is 4.82. The molecule has 1 aliphatic heterocycles. The van der Waals surface area contributed by atoms with E-state index in [1.54, 1.807) is 0 Å². The number of nitriles is 1. The number of carboxylic acid groups (broad SMARTS) is 1. The number of anilines is 1. The first-order chi connectivity index (χ1) is 9.61. The zero-order valence-corrected chi connectivity index (χ0v) is 11.5. The molecule has 1 aromatic carbocycles. The maximum atomic E-state index is 11.7. The molecule has 0 amide bonds. The van der Waals surface area contributed by atoms with Crippen molar-refractivity contribution in [3.05, 3.63) is 29.3 Å². The van der Waals surface area contributed by atoms with Crippen LogP contribution in [-0.4, -0.2) is 23.7 Å². The highest BCUT2D eigenvalue weighted by molar-refractivity contribution is 5.81. The fraction of sp³-hybridized carbons (Fsp3) is 0.500. The monoisotopic (exact) mass is 270 g/mol. The predicted molar refractivity (Wildman–Crippen MR) is 75.5 cm³/mol. The Morgan fingerprint density at radius 3 is 2.95 bits per heavy atom. The third-order valence-electron chi connectivity index (χ3n) is 4.73. The number of carboxylic acids is 1. The van der Waals surface area contributed by atoms with E-state index in [-0.39, 0.29) is 5.92 Å². The van der Waals surface area contributed by atoms with Gasteiger partial charge in [-0.1, -0.05) is 12.5 Å². The lowest BCUT2D eigenvalue weighted by Crippen LogP contribution is -2.40. The summed E-state index contributed by atoms with van der Waals surface area (Å²) in [5, 5.41) is 18.9. The highest BCUT2D eigenvalue weighted by atomic mass is 16.4. The molecule has 0 aromatic heterocycles. The molecule has 20 heavy (non-hydrogen) atoms. The van der Waals surface area contributed by atoms with Gasteiger partial charge in [0.25, 0.3) is 0 Å². The van der Waals surface area contributed by atoms with Crippen LogP contribution >= 0.6 is 0 Å². The first-order valence-corrected chi connectivity index (χ1v) is 7.12. The van der Waals surface area contributed by atoms with Gasteiger partial charge in [0.05, 0.1) is 11.3 Å². The molecule has 0 spiro atoms. The molecule has 1 N–H and O–H groups in total. The van der Waals surface area contributed by atoms with E-state index in [0.717, 1.165) is 37.1 Å². The Kier molecular flexibility index (Phi) is 3.13. The van der Waals surface area contributed by atoms with Crippen molar-refractivity contribution >= 4 is 11.7 Å². The molecular formula is C16H18N2O2. The molecule has 1 saturated heterocycles. The van der Waals surface area contributed by atoms with Crippen LogP contribution in [0.5, 0.6) is 0 Å². The van der Waals surface area contributed by atoms with Crippen molar-refractivity contribution in [3.8, 4) is 6.07 Å². The van der Waals surface area contributed by atoms with E-state index in [2.05, 4.69) is 6.07 Å². The van der Waals surface area contributed by atoms with Gasteiger partial charge in [0.1, 0.15) is 12.1 Å². The lowest BCUT2D eigenvalue weighted by Gasteiger charge is -2.27. The van der Waals surface area contributed by atoms with Crippen molar-refractivity contribution in [2.24, 2.45) is 11.8 Å². The van der Waals surface area contributed by atoms with E-state index >= 15 is 0 Å². The van der Waals surface area contributed by atoms with Gasteiger partial charge in [-0.3, -0.25) is 0 Å². The minimum atomic E-state index is -0.760. The molecule has 3 unspecified atom stereocenters. The van der Waals surface area contributed by atoms with Crippen LogP contribution in [0.4, 0.5) is 5.69 Å². The minimum absolute atomic E-state index is 0.236. The fourth-order valence-corrected chi connectivity index (χ4v) is 3.86. The van der Waals surface area contributed by atoms with Crippen LogP contribution in [0.2, 0.25) is 0 Å². The summed E-state index contributed by atoms with van der Waals surface area (Å²) >= 11 is 0. The predicted octanol–water partition coefficient (Wildman–Crippen LogP) is 2.56. The van der Waals surface area contributed by atoms with Gasteiger partial charge in [-0.25, -0.2) is 4.79 Å². The third-order valence-corrected chi connectivity index (χ3v) is 4.73. The van der Waals surface area contributed by atoms with Gasteiger partial charge in [0.2, 0.25) is 0 Å². The lowest BCUT2D eigenvalue weighted by molar-refractivity contribution is -0.139. The van der Waals surface area contributed by atoms with Gasteiger partial charge in [-0.2, -0.15) is 5.26 Å². The number of nitrogens with zero attached hydrogens (tertiary/aromatic N) is 2. The highest BCUT2D eigenvalue weighted by Crippen LogP contribution is 2.44. The SMILES string of the molecule is Cc1ccc(N2CC3CCCC3C2C(=O)O)c(C#N)c1. The number of aliphatic carboxylic acids is 1. The van der Waals surface area contributed by atoms with Crippen LogP contribution < -0.4 is 4.90 Å². The van der Waals surface area contributed by atoms with Gasteiger partial charge in [0.15, 0.2) is 0 Å². The molecule has 2 fully saturated rings. The molecule has 104 valence electrons. The number of carbonyl (C=O) groups is 1. The second-order valence-corrected chi connectivity index (χ2v) is 5.92. The number of hydrogen-bond donors (Lipinski definition) is 1. The standard InChI is InChI=1S/C16H18N2O2/c1-10-5-6-14(12(7-10)8-17)18-9-11-3-2-4-13(11)15(18)16(19)20/h5-7,11,13,15H,2-4,9H2,1H3,(H,19,20). The molecule has 1 aromatic rings. The molecule has 3 rings (SSSR count). The highest BCUT2D eigenvalue weighted by Gasteiger charge is 2.48. The van der Waals surface area contributed by atoms with Crippen LogP contribution in [0.1, 0.15) is 30.4 Å². The number of fused-ring (bicyclic) bond motifs is 1. The summed E-state index contributed by atoms with van der Waals surface area (Å²) in [4.78, 5) is 13.6. The van der Waals surface area contributed by atoms with Gasteiger partial charge in [-0.15, -0.1) is 0 Å². The van der Waals surface area contributed by atoms with Crippen molar-refractivity contribution in [1.29, 1.82) is 5.26 Å². The molecule has 1 saturated carbocycles. The molecule has 1 aliphatic carbocycles. The Balaban J connectivity index is 2.01. The normalized spacial score (nSPS) is 28.2. The summed E-state index contributed by atoms with van der Waals surface area (Å²) in [7, 11) is 0. The summed E-state index contributed by atoms with van der Waals surface area (Å²) in [6, 6.07) is 7.41. The summed E-state index contributed by atoms with van der Waals surface area (Å²) in [5.41, 5.74) is 2.38. The molecule has 4 nitrogen and oxygen atoms in total. The first-order valence-electron chi connectivity index (χ1n) is 7.12. The smallest absolute Gasteiger partial charge is 0.326 e. The van der Waals surface area contributed by atoms with E-state index in [0.29, 0.717) is 11.5 Å². The first kappa shape index (κ1) is 13.0. The van der Waals surface area contributed by atoms with E-state index < -0.39 is 12.0 Å². The van der Waals surface area contributed by atoms with Crippen molar-refractivity contribution < 1.29 is 9.90 Å². The minimum Gasteiger partial charge on any atom is -0.480 e. The van der Waals surface area contributed by atoms with Crippen LogP contribution in [0.25, 0.3) is 0 Å². The van der Waals surface area contributed by atoms with Crippen molar-refractivity contribution in [3.63, 3.8) is 0 Å². The molecule has 2 aliphatic rings. The number of hydrogen-bond acceptors (Lipinski definition) is 3. The third kappa shape index (κ3) is 1.94. The zero-order chi connectivity index (χ0) is 14.3. The maximum absolute atomic E-state index is 11.7. The summed E-state index contributed by atoms with van der Waals surface area (Å²) in [6.07, 6.45) is 3.23. The second-order valence-electron chi connectivity index (χ2n) is 5.92. The molecule has 0 bridgehead atoms. The quantitative estimate of drug-likeness (QED) is 0.897. The zero-order valence-electron chi connectivity index (χ0n) is 11.5. The average Bonchev–Trinajstić information content (AvgIpc) is 2.97. The van der Waals surface area contributed by atoms with E-state index in [4.69, 9.17) is 0 Å². The van der Waals surface area contributed by atoms with Crippen LogP contribution in [0.15, 0.2) is 18.2 Å². The Morgan fingerprint density at radius 2 is 2.25 bits per heavy atom. The molecule has 0 radical (unpaired) electrons. The Bertz CT molecular complexity index is 591. The van der Waals surface area contributed by atoms with Crippen LogP contribution in [0, 0.1) is 30.1 Å². The summed E-state index contributed by atoms with van der Waals surface area (Å²) in [5.74, 6) is -0.0619. The fourth-order valence-electron chi connectivity index (χ4n) is 3.86. The van der Waals surface area contributed by atoms with E-state index in [1.807, 2.05) is 30.0 Å². The average molecular weight is 270 g/mol. The summed E-state index contributed by atoms with van der Waals surface area (Å²) in [6.45, 7) is 2.71. The van der Waals surface area contributed by atoms with E-state index in [1.165, 1.54) is 0 Å². The van der Waals surface area contributed by atoms with Crippen molar-refractivity contribution in [2.75, 3.05) is 11.4 Å². The number of aryl methyl sites for hydroxylation is 1. The topological polar surface area (TPSA) is 64.3 Å². The van der Waals surface area contributed by atoms with Gasteiger partial charge in [-0.05, 0) is 49.3 Å². The maximum Gasteiger partial charge on any atom is 0.326 e. The molecular weight excluding hydrogens is 252 g/mol.